The minimum atomic E-state index is -0.148. The number of rotatable bonds is 9. The van der Waals surface area contributed by atoms with Crippen LogP contribution in [0.4, 0.5) is 0 Å². The normalized spacial score (nSPS) is 16.7. The Hall–Kier alpha value is -2.04. The molecule has 5 nitrogen and oxygen atoms in total. The standard InChI is InChI=1S/C26H41NO4/c1-8-9-10-11-23(28)31-17-19-16-30-22(27-19)13-12-18-14-20(25(2,3)4)24(29)21(15-18)26(5,6)7/h14-15,19,29H,8-13,16-17H2,1-7H3. The lowest BCUT2D eigenvalue weighted by Gasteiger charge is -2.28. The van der Waals surface area contributed by atoms with Crippen molar-refractivity contribution in [3.05, 3.63) is 28.8 Å². The summed E-state index contributed by atoms with van der Waals surface area (Å²) in [6.45, 7) is 15.6. The summed E-state index contributed by atoms with van der Waals surface area (Å²) in [5.41, 5.74) is 2.82. The summed E-state index contributed by atoms with van der Waals surface area (Å²) in [6.07, 6.45) is 4.98. The quantitative estimate of drug-likeness (QED) is 0.394. The average Bonchev–Trinajstić information content (AvgIpc) is 3.12. The van der Waals surface area contributed by atoms with Crippen LogP contribution in [-0.4, -0.2) is 36.2 Å². The molecule has 0 bridgehead atoms. The van der Waals surface area contributed by atoms with Gasteiger partial charge in [0.05, 0.1) is 0 Å². The van der Waals surface area contributed by atoms with E-state index >= 15 is 0 Å². The first kappa shape index (κ1) is 25.2. The number of phenols is 1. The van der Waals surface area contributed by atoms with Crippen molar-refractivity contribution in [3.8, 4) is 5.75 Å². The van der Waals surface area contributed by atoms with Gasteiger partial charge in [-0.05, 0) is 40.4 Å². The molecule has 1 atom stereocenters. The fourth-order valence-corrected chi connectivity index (χ4v) is 3.71. The molecule has 0 spiro atoms. The van der Waals surface area contributed by atoms with Gasteiger partial charge in [0.15, 0.2) is 5.90 Å². The second-order valence-electron chi connectivity index (χ2n) is 10.7. The van der Waals surface area contributed by atoms with E-state index in [2.05, 4.69) is 65.6 Å². The first-order chi connectivity index (χ1) is 14.4. The summed E-state index contributed by atoms with van der Waals surface area (Å²) in [4.78, 5) is 16.4. The van der Waals surface area contributed by atoms with E-state index in [1.807, 2.05) is 0 Å². The van der Waals surface area contributed by atoms with E-state index < -0.39 is 0 Å². The third-order valence-electron chi connectivity index (χ3n) is 5.60. The lowest BCUT2D eigenvalue weighted by molar-refractivity contribution is -0.144. The molecule has 5 heteroatoms. The molecule has 0 aliphatic carbocycles. The molecule has 1 aliphatic rings. The fourth-order valence-electron chi connectivity index (χ4n) is 3.71. The van der Waals surface area contributed by atoms with Crippen molar-refractivity contribution in [3.63, 3.8) is 0 Å². The van der Waals surface area contributed by atoms with Gasteiger partial charge in [0.1, 0.15) is 25.0 Å². The van der Waals surface area contributed by atoms with Crippen molar-refractivity contribution in [2.75, 3.05) is 13.2 Å². The molecule has 0 aromatic heterocycles. The second kappa shape index (κ2) is 10.5. The molecule has 1 aromatic carbocycles. The van der Waals surface area contributed by atoms with Gasteiger partial charge in [-0.25, -0.2) is 4.99 Å². The van der Waals surface area contributed by atoms with Crippen LogP contribution in [0.5, 0.6) is 5.75 Å². The van der Waals surface area contributed by atoms with Crippen LogP contribution in [0.1, 0.15) is 97.3 Å². The highest BCUT2D eigenvalue weighted by Gasteiger charge is 2.27. The van der Waals surface area contributed by atoms with Crippen LogP contribution in [0.15, 0.2) is 17.1 Å². The third kappa shape index (κ3) is 7.55. The number of nitrogens with zero attached hydrogens (tertiary/aromatic N) is 1. The summed E-state index contributed by atoms with van der Waals surface area (Å²) >= 11 is 0. The SMILES string of the molecule is CCCCCC(=O)OCC1COC(CCc2cc(C(C)(C)C)c(O)c(C(C)(C)C)c2)=N1. The molecule has 31 heavy (non-hydrogen) atoms. The zero-order chi connectivity index (χ0) is 23.2. The first-order valence-corrected chi connectivity index (χ1v) is 11.6. The summed E-state index contributed by atoms with van der Waals surface area (Å²) in [7, 11) is 0. The van der Waals surface area contributed by atoms with Crippen molar-refractivity contribution < 1.29 is 19.4 Å². The molecule has 1 heterocycles. The zero-order valence-corrected chi connectivity index (χ0v) is 20.5. The summed E-state index contributed by atoms with van der Waals surface area (Å²) in [5.74, 6) is 0.972. The Bertz CT molecular complexity index is 749. The Balaban J connectivity index is 2.00. The van der Waals surface area contributed by atoms with Gasteiger partial charge in [-0.1, -0.05) is 73.4 Å². The van der Waals surface area contributed by atoms with Crippen LogP contribution in [0.3, 0.4) is 0 Å². The molecule has 0 radical (unpaired) electrons. The van der Waals surface area contributed by atoms with Gasteiger partial charge in [0.2, 0.25) is 0 Å². The van der Waals surface area contributed by atoms with Crippen LogP contribution >= 0.6 is 0 Å². The number of unbranched alkanes of at least 4 members (excludes halogenated alkanes) is 2. The van der Waals surface area contributed by atoms with Gasteiger partial charge in [0, 0.05) is 12.8 Å². The van der Waals surface area contributed by atoms with E-state index in [9.17, 15) is 9.90 Å². The molecule has 1 unspecified atom stereocenters. The highest BCUT2D eigenvalue weighted by atomic mass is 16.5. The largest absolute Gasteiger partial charge is 0.507 e. The Morgan fingerprint density at radius 2 is 1.71 bits per heavy atom. The van der Waals surface area contributed by atoms with Crippen molar-refractivity contribution >= 4 is 11.9 Å². The van der Waals surface area contributed by atoms with Gasteiger partial charge in [-0.3, -0.25) is 4.79 Å². The van der Waals surface area contributed by atoms with E-state index in [1.165, 1.54) is 5.56 Å². The van der Waals surface area contributed by atoms with Crippen LogP contribution in [0, 0.1) is 0 Å². The van der Waals surface area contributed by atoms with E-state index in [-0.39, 0.29) is 29.4 Å². The second-order valence-corrected chi connectivity index (χ2v) is 10.7. The smallest absolute Gasteiger partial charge is 0.305 e. The van der Waals surface area contributed by atoms with E-state index in [4.69, 9.17) is 9.47 Å². The van der Waals surface area contributed by atoms with Crippen LogP contribution in [0.2, 0.25) is 0 Å². The van der Waals surface area contributed by atoms with Crippen molar-refractivity contribution in [1.29, 1.82) is 0 Å². The molecule has 0 fully saturated rings. The number of phenolic OH excluding ortho intramolecular Hbond substituents is 1. The zero-order valence-electron chi connectivity index (χ0n) is 20.5. The lowest BCUT2D eigenvalue weighted by Crippen LogP contribution is -2.18. The van der Waals surface area contributed by atoms with Gasteiger partial charge in [0.25, 0.3) is 0 Å². The Morgan fingerprint density at radius 1 is 1.10 bits per heavy atom. The van der Waals surface area contributed by atoms with Crippen LogP contribution < -0.4 is 0 Å². The Labute approximate surface area is 188 Å². The van der Waals surface area contributed by atoms with Gasteiger partial charge < -0.3 is 14.6 Å². The summed E-state index contributed by atoms with van der Waals surface area (Å²) < 4.78 is 11.1. The number of esters is 1. The van der Waals surface area contributed by atoms with E-state index in [0.717, 1.165) is 42.7 Å². The number of aliphatic imine (C=N–C) groups is 1. The molecule has 2 rings (SSSR count). The molecule has 0 saturated heterocycles. The monoisotopic (exact) mass is 431 g/mol. The maximum Gasteiger partial charge on any atom is 0.305 e. The molecule has 1 aromatic rings. The highest BCUT2D eigenvalue weighted by Crippen LogP contribution is 2.40. The molecular formula is C26H41NO4. The van der Waals surface area contributed by atoms with Crippen molar-refractivity contribution in [2.24, 2.45) is 4.99 Å². The minimum absolute atomic E-state index is 0.111. The third-order valence-corrected chi connectivity index (χ3v) is 5.60. The average molecular weight is 432 g/mol. The maximum absolute atomic E-state index is 11.8. The number of ether oxygens (including phenoxy) is 2. The molecule has 1 aliphatic heterocycles. The summed E-state index contributed by atoms with van der Waals surface area (Å²) in [6, 6.07) is 4.10. The predicted molar refractivity (Wildman–Crippen MR) is 126 cm³/mol. The highest BCUT2D eigenvalue weighted by molar-refractivity contribution is 5.78. The molecule has 1 N–H and O–H groups in total. The fraction of sp³-hybridized carbons (Fsp3) is 0.692. The summed E-state index contributed by atoms with van der Waals surface area (Å²) in [5, 5.41) is 10.9. The topological polar surface area (TPSA) is 68.1 Å². The van der Waals surface area contributed by atoms with Crippen molar-refractivity contribution in [1.82, 2.24) is 0 Å². The molecule has 174 valence electrons. The molecule has 0 saturated carbocycles. The number of benzene rings is 1. The molecule has 0 amide bonds. The van der Waals surface area contributed by atoms with Crippen LogP contribution in [0.25, 0.3) is 0 Å². The maximum atomic E-state index is 11.8. The number of carbonyl (C=O) groups is 1. The van der Waals surface area contributed by atoms with Crippen LogP contribution in [-0.2, 0) is 31.5 Å². The number of aromatic hydroxyl groups is 1. The lowest BCUT2D eigenvalue weighted by atomic mass is 9.78. The minimum Gasteiger partial charge on any atom is -0.507 e. The first-order valence-electron chi connectivity index (χ1n) is 11.6. The van der Waals surface area contributed by atoms with E-state index in [0.29, 0.717) is 25.2 Å². The molecular weight excluding hydrogens is 390 g/mol. The predicted octanol–water partition coefficient (Wildman–Crippen LogP) is 5.84. The van der Waals surface area contributed by atoms with Gasteiger partial charge in [-0.15, -0.1) is 0 Å². The van der Waals surface area contributed by atoms with Crippen molar-refractivity contribution in [2.45, 2.75) is 104 Å². The Morgan fingerprint density at radius 3 is 2.26 bits per heavy atom. The number of carbonyl (C=O) groups excluding carboxylic acids is 1. The van der Waals surface area contributed by atoms with Gasteiger partial charge in [-0.2, -0.15) is 0 Å². The number of hydrogen-bond donors (Lipinski definition) is 1. The Kier molecular flexibility index (Phi) is 8.56. The number of hydrogen-bond acceptors (Lipinski definition) is 5. The van der Waals surface area contributed by atoms with Gasteiger partial charge >= 0.3 is 5.97 Å². The van der Waals surface area contributed by atoms with E-state index in [1.54, 1.807) is 0 Å². The number of aryl methyl sites for hydroxylation is 1.